The Labute approximate surface area is 151 Å². The highest BCUT2D eigenvalue weighted by Crippen LogP contribution is 2.36. The topological polar surface area (TPSA) is 47.6 Å². The molecule has 2 bridgehead atoms. The van der Waals surface area contributed by atoms with Crippen molar-refractivity contribution in [3.05, 3.63) is 43.0 Å². The number of para-hydroxylation sites is 1. The summed E-state index contributed by atoms with van der Waals surface area (Å²) in [5.41, 5.74) is 0.829. The van der Waals surface area contributed by atoms with E-state index in [9.17, 15) is 4.79 Å². The molecule has 3 aliphatic rings. The third kappa shape index (κ3) is 4.83. The van der Waals surface area contributed by atoms with Crippen molar-refractivity contribution in [1.29, 1.82) is 0 Å². The highest BCUT2D eigenvalue weighted by molar-refractivity contribution is 5.89. The molecule has 0 spiro atoms. The zero-order valence-corrected chi connectivity index (χ0v) is 15.2. The molecule has 0 saturated carbocycles. The van der Waals surface area contributed by atoms with Crippen molar-refractivity contribution in [3.63, 3.8) is 0 Å². The highest BCUT2D eigenvalue weighted by Gasteiger charge is 2.40. The fraction of sp³-hybridized carbons (Fsp3) is 0.550. The van der Waals surface area contributed by atoms with E-state index < -0.39 is 0 Å². The maximum absolute atomic E-state index is 12.1. The van der Waals surface area contributed by atoms with Gasteiger partial charge in [-0.2, -0.15) is 0 Å². The summed E-state index contributed by atoms with van der Waals surface area (Å²) in [7, 11) is 2.17. The van der Waals surface area contributed by atoms with Crippen LogP contribution in [-0.2, 0) is 0 Å². The molecule has 3 saturated heterocycles. The van der Waals surface area contributed by atoms with Gasteiger partial charge in [-0.1, -0.05) is 24.3 Å². The molecule has 5 heteroatoms. The van der Waals surface area contributed by atoms with Gasteiger partial charge in [-0.15, -0.1) is 6.58 Å². The number of hydrogen-bond acceptors (Lipinski definition) is 3. The molecular weight excluding hydrogens is 312 g/mol. The number of anilines is 1. The molecule has 3 heterocycles. The zero-order valence-electron chi connectivity index (χ0n) is 15.2. The minimum atomic E-state index is -0.115. The van der Waals surface area contributed by atoms with Gasteiger partial charge in [0.1, 0.15) is 0 Å². The largest absolute Gasteiger partial charge is 0.336 e. The van der Waals surface area contributed by atoms with Gasteiger partial charge in [0.05, 0.1) is 0 Å². The second kappa shape index (κ2) is 8.50. The second-order valence-corrected chi connectivity index (χ2v) is 7.40. The summed E-state index contributed by atoms with van der Waals surface area (Å²) < 4.78 is 0. The molecule has 0 radical (unpaired) electrons. The van der Waals surface area contributed by atoms with Gasteiger partial charge < -0.3 is 15.5 Å². The standard InChI is InChI=1S/C20H30N4O/c1-3-10-23(2)14-17-15-24-11-9-16(17)12-19(24)13-21-20(25)22-18-7-5-4-6-8-18/h3-8,16-17,19H,1,9-15H2,2H3,(H2,21,22,25). The predicted octanol–water partition coefficient (Wildman–Crippen LogP) is 2.64. The average Bonchev–Trinajstić information content (AvgIpc) is 2.62. The first kappa shape index (κ1) is 18.0. The molecule has 3 aliphatic heterocycles. The number of benzene rings is 1. The van der Waals surface area contributed by atoms with Crippen molar-refractivity contribution in [2.24, 2.45) is 11.8 Å². The van der Waals surface area contributed by atoms with Crippen LogP contribution in [0.25, 0.3) is 0 Å². The van der Waals surface area contributed by atoms with Crippen LogP contribution < -0.4 is 10.6 Å². The van der Waals surface area contributed by atoms with E-state index >= 15 is 0 Å². The Hall–Kier alpha value is -1.85. The molecule has 4 atom stereocenters. The molecule has 3 fully saturated rings. The third-order valence-corrected chi connectivity index (χ3v) is 5.53. The molecule has 136 valence electrons. The third-order valence-electron chi connectivity index (χ3n) is 5.53. The van der Waals surface area contributed by atoms with Crippen LogP contribution in [-0.4, -0.2) is 61.6 Å². The van der Waals surface area contributed by atoms with Crippen molar-refractivity contribution < 1.29 is 4.79 Å². The van der Waals surface area contributed by atoms with Crippen molar-refractivity contribution >= 4 is 11.7 Å². The van der Waals surface area contributed by atoms with Crippen molar-refractivity contribution in [2.45, 2.75) is 18.9 Å². The van der Waals surface area contributed by atoms with Gasteiger partial charge in [-0.25, -0.2) is 4.79 Å². The number of hydrogen-bond donors (Lipinski definition) is 2. The molecule has 1 aromatic carbocycles. The molecule has 0 aliphatic carbocycles. The molecule has 25 heavy (non-hydrogen) atoms. The highest BCUT2D eigenvalue weighted by atomic mass is 16.2. The quantitative estimate of drug-likeness (QED) is 0.749. The van der Waals surface area contributed by atoms with Crippen molar-refractivity contribution in [1.82, 2.24) is 15.1 Å². The van der Waals surface area contributed by atoms with Crippen LogP contribution in [0.2, 0.25) is 0 Å². The van der Waals surface area contributed by atoms with Gasteiger partial charge in [0.2, 0.25) is 0 Å². The number of carbonyl (C=O) groups excluding carboxylic acids is 1. The summed E-state index contributed by atoms with van der Waals surface area (Å²) in [6.07, 6.45) is 4.46. The monoisotopic (exact) mass is 342 g/mol. The fourth-order valence-electron chi connectivity index (χ4n) is 4.27. The molecule has 5 nitrogen and oxygen atoms in total. The van der Waals surface area contributed by atoms with Crippen molar-refractivity contribution in [2.75, 3.05) is 45.1 Å². The molecular formula is C20H30N4O. The number of likely N-dealkylation sites (N-methyl/N-ethyl adjacent to an activating group) is 1. The number of urea groups is 1. The smallest absolute Gasteiger partial charge is 0.319 e. The summed E-state index contributed by atoms with van der Waals surface area (Å²) >= 11 is 0. The number of nitrogens with zero attached hydrogens (tertiary/aromatic N) is 2. The van der Waals surface area contributed by atoms with Crippen LogP contribution in [0.5, 0.6) is 0 Å². The van der Waals surface area contributed by atoms with E-state index in [0.29, 0.717) is 6.04 Å². The molecule has 2 amide bonds. The van der Waals surface area contributed by atoms with Gasteiger partial charge in [0.15, 0.2) is 0 Å². The number of piperidine rings is 3. The van der Waals surface area contributed by atoms with E-state index in [-0.39, 0.29) is 6.03 Å². The van der Waals surface area contributed by atoms with E-state index in [0.717, 1.165) is 43.7 Å². The Morgan fingerprint density at radius 1 is 1.40 bits per heavy atom. The lowest BCUT2D eigenvalue weighted by atomic mass is 9.75. The summed E-state index contributed by atoms with van der Waals surface area (Å²) in [6, 6.07) is 9.94. The fourth-order valence-corrected chi connectivity index (χ4v) is 4.27. The number of rotatable bonds is 7. The van der Waals surface area contributed by atoms with E-state index in [1.807, 2.05) is 36.4 Å². The number of carbonyl (C=O) groups is 1. The first-order valence-corrected chi connectivity index (χ1v) is 9.29. The molecule has 4 unspecified atom stereocenters. The van der Waals surface area contributed by atoms with E-state index in [2.05, 4.69) is 34.1 Å². The average molecular weight is 342 g/mol. The van der Waals surface area contributed by atoms with Crippen LogP contribution >= 0.6 is 0 Å². The van der Waals surface area contributed by atoms with Gasteiger partial charge in [-0.3, -0.25) is 4.90 Å². The first-order valence-electron chi connectivity index (χ1n) is 9.29. The number of amides is 2. The lowest BCUT2D eigenvalue weighted by molar-refractivity contribution is -0.00709. The van der Waals surface area contributed by atoms with Gasteiger partial charge in [-0.05, 0) is 50.4 Å². The Kier molecular flexibility index (Phi) is 6.10. The minimum absolute atomic E-state index is 0.115. The minimum Gasteiger partial charge on any atom is -0.336 e. The van der Waals surface area contributed by atoms with Crippen molar-refractivity contribution in [3.8, 4) is 0 Å². The van der Waals surface area contributed by atoms with E-state index in [1.54, 1.807) is 0 Å². The SMILES string of the molecule is C=CCN(C)CC1CN2CCC1CC2CNC(=O)Nc1ccccc1. The van der Waals surface area contributed by atoms with Crippen LogP contribution in [0.3, 0.4) is 0 Å². The summed E-state index contributed by atoms with van der Waals surface area (Å²) in [5, 5.41) is 5.94. The van der Waals surface area contributed by atoms with Crippen LogP contribution in [0, 0.1) is 11.8 Å². The van der Waals surface area contributed by atoms with Gasteiger partial charge >= 0.3 is 6.03 Å². The summed E-state index contributed by atoms with van der Waals surface area (Å²) in [6.45, 7) is 8.96. The Bertz CT molecular complexity index is 576. The molecule has 2 N–H and O–H groups in total. The van der Waals surface area contributed by atoms with Crippen LogP contribution in [0.1, 0.15) is 12.8 Å². The van der Waals surface area contributed by atoms with E-state index in [4.69, 9.17) is 0 Å². The molecule has 4 rings (SSSR count). The maximum Gasteiger partial charge on any atom is 0.319 e. The number of nitrogens with one attached hydrogen (secondary N) is 2. The molecule has 1 aromatic rings. The summed E-state index contributed by atoms with van der Waals surface area (Å²) in [5.74, 6) is 1.52. The van der Waals surface area contributed by atoms with Gasteiger partial charge in [0, 0.05) is 37.9 Å². The lowest BCUT2D eigenvalue weighted by Crippen LogP contribution is -2.58. The second-order valence-electron chi connectivity index (χ2n) is 7.40. The number of fused-ring (bicyclic) bond motifs is 3. The predicted molar refractivity (Wildman–Crippen MR) is 103 cm³/mol. The lowest BCUT2D eigenvalue weighted by Gasteiger charge is -2.50. The Balaban J connectivity index is 1.44. The normalized spacial score (nSPS) is 27.9. The first-order chi connectivity index (χ1) is 12.2. The Morgan fingerprint density at radius 2 is 2.20 bits per heavy atom. The van der Waals surface area contributed by atoms with Crippen LogP contribution in [0.4, 0.5) is 10.5 Å². The van der Waals surface area contributed by atoms with Crippen LogP contribution in [0.15, 0.2) is 43.0 Å². The van der Waals surface area contributed by atoms with E-state index in [1.165, 1.54) is 19.4 Å². The summed E-state index contributed by atoms with van der Waals surface area (Å²) in [4.78, 5) is 17.0. The van der Waals surface area contributed by atoms with Gasteiger partial charge in [0.25, 0.3) is 0 Å². The zero-order chi connectivity index (χ0) is 17.6. The maximum atomic E-state index is 12.1. The molecule has 0 aromatic heterocycles. The Morgan fingerprint density at radius 3 is 2.88 bits per heavy atom.